The van der Waals surface area contributed by atoms with E-state index in [1.807, 2.05) is 12.1 Å². The molecule has 0 aliphatic heterocycles. The van der Waals surface area contributed by atoms with E-state index in [0.717, 1.165) is 5.39 Å². The zero-order chi connectivity index (χ0) is 13.4. The van der Waals surface area contributed by atoms with Gasteiger partial charge in [0.05, 0.1) is 7.11 Å². The monoisotopic (exact) mass is 259 g/mol. The summed E-state index contributed by atoms with van der Waals surface area (Å²) in [7, 11) is 1.55. The molecule has 96 valence electrons. The largest absolute Gasteiger partial charge is 0.493 e. The number of methoxy groups -OCH3 is 1. The van der Waals surface area contributed by atoms with Crippen LogP contribution in [0.1, 0.15) is 10.5 Å². The Morgan fingerprint density at radius 2 is 2.16 bits per heavy atom. The minimum Gasteiger partial charge on any atom is -0.493 e. The first-order chi connectivity index (χ1) is 9.19. The Morgan fingerprint density at radius 1 is 1.32 bits per heavy atom. The molecule has 0 saturated carbocycles. The highest BCUT2D eigenvalue weighted by atomic mass is 16.5. The number of aromatic nitrogens is 1. The van der Waals surface area contributed by atoms with Gasteiger partial charge in [-0.05, 0) is 12.1 Å². The molecule has 0 aliphatic carbocycles. The Bertz CT molecular complexity index is 755. The van der Waals surface area contributed by atoms with Crippen molar-refractivity contribution in [2.45, 2.75) is 0 Å². The molecule has 0 saturated heterocycles. The zero-order valence-electron chi connectivity index (χ0n) is 9.91. The molecule has 0 aliphatic rings. The number of benzene rings is 1. The Balaban J connectivity index is 2.12. The summed E-state index contributed by atoms with van der Waals surface area (Å²) < 4.78 is 15.8. The van der Waals surface area contributed by atoms with Gasteiger partial charge in [-0.2, -0.15) is 0 Å². The van der Waals surface area contributed by atoms with Gasteiger partial charge in [0.2, 0.25) is 5.76 Å². The van der Waals surface area contributed by atoms with Gasteiger partial charge < -0.3 is 18.8 Å². The Kier molecular flexibility index (Phi) is 2.49. The van der Waals surface area contributed by atoms with Crippen LogP contribution in [0.5, 0.6) is 5.75 Å². The fourth-order valence-electron chi connectivity index (χ4n) is 1.81. The topological polar surface area (TPSA) is 85.7 Å². The number of ether oxygens (including phenoxy) is 1. The van der Waals surface area contributed by atoms with E-state index in [4.69, 9.17) is 18.8 Å². The minimum absolute atomic E-state index is 0.164. The van der Waals surface area contributed by atoms with Crippen LogP contribution in [0.3, 0.4) is 0 Å². The standard InChI is InChI=1S/C13H9NO5/c1-17-9-4-2-3-7-5-10(18-12(7)9)11-6-8(13(15)16)14-19-11/h2-6H,1H3,(H,15,16). The quantitative estimate of drug-likeness (QED) is 0.778. The van der Waals surface area contributed by atoms with Crippen LogP contribution in [0, 0.1) is 0 Å². The molecule has 6 heteroatoms. The number of hydrogen-bond acceptors (Lipinski definition) is 5. The van der Waals surface area contributed by atoms with Crippen LogP contribution in [-0.4, -0.2) is 23.3 Å². The fraction of sp³-hybridized carbons (Fsp3) is 0.0769. The summed E-state index contributed by atoms with van der Waals surface area (Å²) in [6.07, 6.45) is 0. The van der Waals surface area contributed by atoms with E-state index < -0.39 is 5.97 Å². The van der Waals surface area contributed by atoms with Crippen LogP contribution in [0.4, 0.5) is 0 Å². The van der Waals surface area contributed by atoms with Crippen LogP contribution >= 0.6 is 0 Å². The predicted octanol–water partition coefficient (Wildman–Crippen LogP) is 2.79. The zero-order valence-corrected chi connectivity index (χ0v) is 9.91. The van der Waals surface area contributed by atoms with Crippen LogP contribution in [0.2, 0.25) is 0 Å². The molecule has 0 atom stereocenters. The molecule has 1 aromatic carbocycles. The lowest BCUT2D eigenvalue weighted by Crippen LogP contribution is -1.94. The van der Waals surface area contributed by atoms with Crippen LogP contribution < -0.4 is 4.74 Å². The summed E-state index contributed by atoms with van der Waals surface area (Å²) in [5, 5.41) is 13.1. The van der Waals surface area contributed by atoms with Crippen molar-refractivity contribution < 1.29 is 23.6 Å². The lowest BCUT2D eigenvalue weighted by Gasteiger charge is -1.98. The lowest BCUT2D eigenvalue weighted by molar-refractivity contribution is 0.0686. The highest BCUT2D eigenvalue weighted by Crippen LogP contribution is 2.33. The van der Waals surface area contributed by atoms with Gasteiger partial charge in [0, 0.05) is 11.5 Å². The minimum atomic E-state index is -1.15. The highest BCUT2D eigenvalue weighted by molar-refractivity contribution is 5.89. The van der Waals surface area contributed by atoms with E-state index in [1.54, 1.807) is 19.2 Å². The number of rotatable bonds is 3. The fourth-order valence-corrected chi connectivity index (χ4v) is 1.81. The summed E-state index contributed by atoms with van der Waals surface area (Å²) in [5.41, 5.74) is 0.413. The van der Waals surface area contributed by atoms with Crippen molar-refractivity contribution in [3.63, 3.8) is 0 Å². The van der Waals surface area contributed by atoms with Gasteiger partial charge in [-0.3, -0.25) is 0 Å². The van der Waals surface area contributed by atoms with E-state index in [9.17, 15) is 4.79 Å². The van der Waals surface area contributed by atoms with E-state index in [0.29, 0.717) is 17.1 Å². The second kappa shape index (κ2) is 4.16. The van der Waals surface area contributed by atoms with Crippen molar-refractivity contribution in [3.05, 3.63) is 36.0 Å². The summed E-state index contributed by atoms with van der Waals surface area (Å²) in [5.74, 6) is 0.112. The molecule has 0 amide bonds. The molecule has 0 unspecified atom stereocenters. The van der Waals surface area contributed by atoms with Gasteiger partial charge in [0.1, 0.15) is 0 Å². The molecule has 19 heavy (non-hydrogen) atoms. The van der Waals surface area contributed by atoms with Gasteiger partial charge in [-0.1, -0.05) is 17.3 Å². The molecule has 3 aromatic rings. The lowest BCUT2D eigenvalue weighted by atomic mass is 10.2. The first kappa shape index (κ1) is 11.3. The van der Waals surface area contributed by atoms with Crippen LogP contribution in [0.25, 0.3) is 22.5 Å². The number of carboxylic acid groups (broad SMARTS) is 1. The second-order valence-corrected chi connectivity index (χ2v) is 3.87. The molecule has 0 spiro atoms. The number of aromatic carboxylic acids is 1. The SMILES string of the molecule is COc1cccc2cc(-c3cc(C(=O)O)no3)oc12. The summed E-state index contributed by atoms with van der Waals surface area (Å²) in [6.45, 7) is 0. The average Bonchev–Trinajstić information content (AvgIpc) is 3.04. The first-order valence-corrected chi connectivity index (χ1v) is 5.46. The van der Waals surface area contributed by atoms with E-state index in [-0.39, 0.29) is 11.5 Å². The third-order valence-electron chi connectivity index (χ3n) is 2.70. The summed E-state index contributed by atoms with van der Waals surface area (Å²) >= 11 is 0. The maximum atomic E-state index is 10.7. The number of furan rings is 1. The third-order valence-corrected chi connectivity index (χ3v) is 2.70. The van der Waals surface area contributed by atoms with Crippen molar-refractivity contribution in [2.75, 3.05) is 7.11 Å². The normalized spacial score (nSPS) is 10.8. The average molecular weight is 259 g/mol. The Morgan fingerprint density at radius 3 is 2.84 bits per heavy atom. The number of nitrogens with zero attached hydrogens (tertiary/aromatic N) is 1. The van der Waals surface area contributed by atoms with Crippen molar-refractivity contribution in [2.24, 2.45) is 0 Å². The molecule has 3 rings (SSSR count). The molecule has 2 heterocycles. The number of carboxylic acids is 1. The summed E-state index contributed by atoms with van der Waals surface area (Å²) in [4.78, 5) is 10.7. The van der Waals surface area contributed by atoms with Crippen molar-refractivity contribution in [1.82, 2.24) is 5.16 Å². The van der Waals surface area contributed by atoms with E-state index >= 15 is 0 Å². The smallest absolute Gasteiger partial charge is 0.358 e. The first-order valence-electron chi connectivity index (χ1n) is 5.46. The predicted molar refractivity (Wildman–Crippen MR) is 65.2 cm³/mol. The van der Waals surface area contributed by atoms with Gasteiger partial charge in [-0.25, -0.2) is 4.79 Å². The van der Waals surface area contributed by atoms with Crippen molar-refractivity contribution >= 4 is 16.9 Å². The second-order valence-electron chi connectivity index (χ2n) is 3.87. The van der Waals surface area contributed by atoms with Gasteiger partial charge in [0.15, 0.2) is 22.8 Å². The van der Waals surface area contributed by atoms with Gasteiger partial charge >= 0.3 is 5.97 Å². The van der Waals surface area contributed by atoms with Crippen LogP contribution in [-0.2, 0) is 0 Å². The molecule has 0 radical (unpaired) electrons. The Labute approximate surface area is 107 Å². The molecule has 2 aromatic heterocycles. The number of hydrogen-bond donors (Lipinski definition) is 1. The molecule has 0 fully saturated rings. The van der Waals surface area contributed by atoms with E-state index in [1.165, 1.54) is 6.07 Å². The summed E-state index contributed by atoms with van der Waals surface area (Å²) in [6, 6.07) is 8.53. The Hall–Kier alpha value is -2.76. The van der Waals surface area contributed by atoms with E-state index in [2.05, 4.69) is 5.16 Å². The highest BCUT2D eigenvalue weighted by Gasteiger charge is 2.16. The maximum Gasteiger partial charge on any atom is 0.358 e. The third kappa shape index (κ3) is 1.83. The van der Waals surface area contributed by atoms with Crippen LogP contribution in [0.15, 0.2) is 39.3 Å². The van der Waals surface area contributed by atoms with Crippen molar-refractivity contribution in [3.8, 4) is 17.3 Å². The maximum absolute atomic E-state index is 10.7. The number of para-hydroxylation sites is 1. The molecular weight excluding hydrogens is 250 g/mol. The number of fused-ring (bicyclic) bond motifs is 1. The van der Waals surface area contributed by atoms with Crippen molar-refractivity contribution in [1.29, 1.82) is 0 Å². The number of carbonyl (C=O) groups is 1. The molecule has 1 N–H and O–H groups in total. The molecular formula is C13H9NO5. The molecule has 6 nitrogen and oxygen atoms in total. The van der Waals surface area contributed by atoms with Gasteiger partial charge in [-0.15, -0.1) is 0 Å². The molecule has 0 bridgehead atoms. The van der Waals surface area contributed by atoms with Gasteiger partial charge in [0.25, 0.3) is 0 Å².